The number of aromatic carboxylic acids is 1. The van der Waals surface area contributed by atoms with Crippen molar-refractivity contribution in [3.63, 3.8) is 0 Å². The molecule has 1 saturated heterocycles. The van der Waals surface area contributed by atoms with Crippen molar-refractivity contribution in [1.82, 2.24) is 4.90 Å². The first-order valence-corrected chi connectivity index (χ1v) is 7.44. The molecule has 4 nitrogen and oxygen atoms in total. The number of ether oxygens (including phenoxy) is 1. The molecule has 1 N–H and O–H groups in total. The molecule has 1 fully saturated rings. The number of rotatable bonds is 5. The fourth-order valence-corrected chi connectivity index (χ4v) is 2.55. The summed E-state index contributed by atoms with van der Waals surface area (Å²) in [5.74, 6) is -0.281. The molecule has 20 heavy (non-hydrogen) atoms. The van der Waals surface area contributed by atoms with Crippen molar-refractivity contribution >= 4 is 5.97 Å². The summed E-state index contributed by atoms with van der Waals surface area (Å²) >= 11 is 0. The summed E-state index contributed by atoms with van der Waals surface area (Å²) in [6.45, 7) is 3.83. The van der Waals surface area contributed by atoms with Crippen molar-refractivity contribution in [2.45, 2.75) is 32.1 Å². The molecule has 1 aliphatic heterocycles. The van der Waals surface area contributed by atoms with Crippen molar-refractivity contribution in [3.8, 4) is 5.75 Å². The molecule has 0 unspecified atom stereocenters. The zero-order valence-corrected chi connectivity index (χ0v) is 11.9. The Morgan fingerprint density at radius 1 is 1.15 bits per heavy atom. The first kappa shape index (κ1) is 14.9. The lowest BCUT2D eigenvalue weighted by Crippen LogP contribution is -2.31. The van der Waals surface area contributed by atoms with Gasteiger partial charge in [-0.2, -0.15) is 0 Å². The highest BCUT2D eigenvalue weighted by Crippen LogP contribution is 2.14. The van der Waals surface area contributed by atoms with Gasteiger partial charge in [0.1, 0.15) is 12.4 Å². The summed E-state index contributed by atoms with van der Waals surface area (Å²) in [4.78, 5) is 13.3. The quantitative estimate of drug-likeness (QED) is 0.898. The van der Waals surface area contributed by atoms with E-state index >= 15 is 0 Å². The third-order valence-corrected chi connectivity index (χ3v) is 3.71. The molecule has 2 rings (SSSR count). The van der Waals surface area contributed by atoms with Crippen LogP contribution in [0, 0.1) is 0 Å². The molecular weight excluding hydrogens is 254 g/mol. The van der Waals surface area contributed by atoms with Crippen LogP contribution in [0.5, 0.6) is 5.75 Å². The second-order valence-corrected chi connectivity index (χ2v) is 5.29. The van der Waals surface area contributed by atoms with Gasteiger partial charge in [0.25, 0.3) is 0 Å². The SMILES string of the molecule is O=C(O)c1cccc(OCCN2CCCCCCC2)c1. The van der Waals surface area contributed by atoms with Gasteiger partial charge in [-0.05, 0) is 44.1 Å². The molecule has 0 spiro atoms. The topological polar surface area (TPSA) is 49.8 Å². The molecule has 0 amide bonds. The summed E-state index contributed by atoms with van der Waals surface area (Å²) in [6, 6.07) is 6.68. The van der Waals surface area contributed by atoms with Crippen LogP contribution in [0.15, 0.2) is 24.3 Å². The molecule has 0 aliphatic carbocycles. The number of likely N-dealkylation sites (tertiary alicyclic amines) is 1. The summed E-state index contributed by atoms with van der Waals surface area (Å²) in [5.41, 5.74) is 0.272. The highest BCUT2D eigenvalue weighted by molar-refractivity contribution is 5.87. The molecular formula is C16H23NO3. The van der Waals surface area contributed by atoms with Gasteiger partial charge >= 0.3 is 5.97 Å². The number of benzene rings is 1. The summed E-state index contributed by atoms with van der Waals surface area (Å²) < 4.78 is 5.67. The van der Waals surface area contributed by atoms with E-state index in [-0.39, 0.29) is 5.56 Å². The fourth-order valence-electron chi connectivity index (χ4n) is 2.55. The van der Waals surface area contributed by atoms with Crippen LogP contribution >= 0.6 is 0 Å². The third-order valence-electron chi connectivity index (χ3n) is 3.71. The molecule has 0 atom stereocenters. The van der Waals surface area contributed by atoms with Crippen molar-refractivity contribution in [2.24, 2.45) is 0 Å². The van der Waals surface area contributed by atoms with Crippen molar-refractivity contribution in [1.29, 1.82) is 0 Å². The van der Waals surface area contributed by atoms with Crippen molar-refractivity contribution in [2.75, 3.05) is 26.2 Å². The Kier molecular flexibility index (Phi) is 5.87. The Balaban J connectivity index is 1.77. The smallest absolute Gasteiger partial charge is 0.335 e. The van der Waals surface area contributed by atoms with Crippen LogP contribution in [-0.4, -0.2) is 42.2 Å². The standard InChI is InChI=1S/C16H23NO3/c18-16(19)14-7-6-8-15(13-14)20-12-11-17-9-4-2-1-3-5-10-17/h6-8,13H,1-5,9-12H2,(H,18,19). The Morgan fingerprint density at radius 2 is 1.85 bits per heavy atom. The molecule has 1 aliphatic rings. The van der Waals surface area contributed by atoms with E-state index in [2.05, 4.69) is 4.90 Å². The molecule has 1 aromatic rings. The van der Waals surface area contributed by atoms with Gasteiger partial charge in [-0.1, -0.05) is 25.3 Å². The summed E-state index contributed by atoms with van der Waals surface area (Å²) in [7, 11) is 0. The van der Waals surface area contributed by atoms with Crippen LogP contribution < -0.4 is 4.74 Å². The minimum Gasteiger partial charge on any atom is -0.492 e. The first-order chi connectivity index (χ1) is 9.75. The minimum absolute atomic E-state index is 0.272. The van der Waals surface area contributed by atoms with Gasteiger partial charge in [0.05, 0.1) is 5.56 Å². The Hall–Kier alpha value is -1.55. The van der Waals surface area contributed by atoms with E-state index in [1.807, 2.05) is 0 Å². The molecule has 1 heterocycles. The van der Waals surface area contributed by atoms with E-state index in [1.165, 1.54) is 32.1 Å². The van der Waals surface area contributed by atoms with Crippen LogP contribution in [0.2, 0.25) is 0 Å². The number of hydrogen-bond donors (Lipinski definition) is 1. The molecule has 0 bridgehead atoms. The van der Waals surface area contributed by atoms with E-state index in [1.54, 1.807) is 24.3 Å². The van der Waals surface area contributed by atoms with Crippen LogP contribution in [-0.2, 0) is 0 Å². The number of carboxylic acids is 1. The average molecular weight is 277 g/mol. The normalized spacial score (nSPS) is 17.2. The van der Waals surface area contributed by atoms with E-state index in [4.69, 9.17) is 9.84 Å². The highest BCUT2D eigenvalue weighted by atomic mass is 16.5. The van der Waals surface area contributed by atoms with Gasteiger partial charge in [-0.15, -0.1) is 0 Å². The van der Waals surface area contributed by atoms with Gasteiger partial charge in [0.2, 0.25) is 0 Å². The first-order valence-electron chi connectivity index (χ1n) is 7.44. The largest absolute Gasteiger partial charge is 0.492 e. The maximum atomic E-state index is 10.9. The number of carbonyl (C=O) groups is 1. The maximum absolute atomic E-state index is 10.9. The molecule has 0 saturated carbocycles. The Labute approximate surface area is 120 Å². The predicted molar refractivity (Wildman–Crippen MR) is 78.4 cm³/mol. The van der Waals surface area contributed by atoms with Crippen LogP contribution in [0.4, 0.5) is 0 Å². The minimum atomic E-state index is -0.917. The number of nitrogens with zero attached hydrogens (tertiary/aromatic N) is 1. The number of hydrogen-bond acceptors (Lipinski definition) is 3. The molecule has 1 aromatic carbocycles. The van der Waals surface area contributed by atoms with E-state index in [9.17, 15) is 4.79 Å². The summed E-state index contributed by atoms with van der Waals surface area (Å²) in [5, 5.41) is 8.93. The Bertz CT molecular complexity index is 425. The van der Waals surface area contributed by atoms with E-state index in [0.717, 1.165) is 19.6 Å². The number of carboxylic acid groups (broad SMARTS) is 1. The van der Waals surface area contributed by atoms with Crippen LogP contribution in [0.3, 0.4) is 0 Å². The monoisotopic (exact) mass is 277 g/mol. The lowest BCUT2D eigenvalue weighted by molar-refractivity contribution is 0.0696. The zero-order valence-electron chi connectivity index (χ0n) is 11.9. The maximum Gasteiger partial charge on any atom is 0.335 e. The van der Waals surface area contributed by atoms with Crippen LogP contribution in [0.25, 0.3) is 0 Å². The van der Waals surface area contributed by atoms with Crippen LogP contribution in [0.1, 0.15) is 42.5 Å². The lowest BCUT2D eigenvalue weighted by Gasteiger charge is -2.24. The molecule has 110 valence electrons. The van der Waals surface area contributed by atoms with E-state index in [0.29, 0.717) is 12.4 Å². The molecule has 4 heteroatoms. The average Bonchev–Trinajstić information content (AvgIpc) is 2.41. The molecule has 0 radical (unpaired) electrons. The summed E-state index contributed by atoms with van der Waals surface area (Å²) in [6.07, 6.45) is 6.57. The highest BCUT2D eigenvalue weighted by Gasteiger charge is 2.08. The van der Waals surface area contributed by atoms with Gasteiger partial charge in [0.15, 0.2) is 0 Å². The van der Waals surface area contributed by atoms with Crippen molar-refractivity contribution < 1.29 is 14.6 Å². The van der Waals surface area contributed by atoms with Gasteiger partial charge in [0, 0.05) is 6.54 Å². The Morgan fingerprint density at radius 3 is 2.55 bits per heavy atom. The fraction of sp³-hybridized carbons (Fsp3) is 0.562. The second-order valence-electron chi connectivity index (χ2n) is 5.29. The second kappa shape index (κ2) is 7.90. The predicted octanol–water partition coefficient (Wildman–Crippen LogP) is 3.03. The van der Waals surface area contributed by atoms with Gasteiger partial charge in [-0.25, -0.2) is 4.79 Å². The van der Waals surface area contributed by atoms with Gasteiger partial charge in [-0.3, -0.25) is 4.90 Å². The van der Waals surface area contributed by atoms with Crippen molar-refractivity contribution in [3.05, 3.63) is 29.8 Å². The van der Waals surface area contributed by atoms with E-state index < -0.39 is 5.97 Å². The molecule has 0 aromatic heterocycles. The lowest BCUT2D eigenvalue weighted by atomic mass is 10.1. The third kappa shape index (κ3) is 4.85. The zero-order chi connectivity index (χ0) is 14.2. The van der Waals surface area contributed by atoms with Gasteiger partial charge < -0.3 is 9.84 Å².